The number of ether oxygens (including phenoxy) is 1. The van der Waals surface area contributed by atoms with E-state index in [1.807, 2.05) is 11.9 Å². The second-order valence-corrected chi connectivity index (χ2v) is 5.00. The monoisotopic (exact) mass is 275 g/mol. The molecule has 0 spiro atoms. The molecule has 0 aliphatic heterocycles. The molecule has 0 N–H and O–H groups in total. The summed E-state index contributed by atoms with van der Waals surface area (Å²) >= 11 is 11.7. The van der Waals surface area contributed by atoms with E-state index in [9.17, 15) is 0 Å². The summed E-state index contributed by atoms with van der Waals surface area (Å²) in [6, 6.07) is 0. The number of halogens is 2. The van der Waals surface area contributed by atoms with E-state index in [0.29, 0.717) is 17.4 Å². The van der Waals surface area contributed by atoms with E-state index in [2.05, 4.69) is 9.97 Å². The Morgan fingerprint density at radius 3 is 2.94 bits per heavy atom. The van der Waals surface area contributed by atoms with Gasteiger partial charge in [0.2, 0.25) is 5.28 Å². The summed E-state index contributed by atoms with van der Waals surface area (Å²) in [5, 5.41) is 0.703. The molecule has 94 valence electrons. The van der Waals surface area contributed by atoms with Crippen molar-refractivity contribution in [1.82, 2.24) is 9.97 Å². The molecule has 1 aliphatic rings. The maximum Gasteiger partial charge on any atom is 0.224 e. The molecule has 0 radical (unpaired) electrons. The van der Waals surface area contributed by atoms with Crippen molar-refractivity contribution in [1.29, 1.82) is 0 Å². The van der Waals surface area contributed by atoms with Gasteiger partial charge in [0, 0.05) is 20.2 Å². The first-order chi connectivity index (χ1) is 8.16. The van der Waals surface area contributed by atoms with Crippen LogP contribution in [0.15, 0.2) is 6.20 Å². The van der Waals surface area contributed by atoms with Crippen molar-refractivity contribution in [3.05, 3.63) is 16.5 Å². The summed E-state index contributed by atoms with van der Waals surface area (Å²) in [7, 11) is 1.91. The van der Waals surface area contributed by atoms with Crippen LogP contribution in [0.5, 0.6) is 0 Å². The summed E-state index contributed by atoms with van der Waals surface area (Å²) in [5.41, 5.74) is 0. The number of likely N-dealkylation sites (N-methyl/N-ethyl adjacent to an activating group) is 1. The topological polar surface area (TPSA) is 38.2 Å². The molecule has 0 amide bonds. The zero-order chi connectivity index (χ0) is 12.3. The van der Waals surface area contributed by atoms with Crippen LogP contribution in [0.3, 0.4) is 0 Å². The Balaban J connectivity index is 1.80. The predicted molar refractivity (Wildman–Crippen MR) is 68.9 cm³/mol. The molecule has 0 atom stereocenters. The average Bonchev–Trinajstić information content (AvgIpc) is 3.11. The van der Waals surface area contributed by atoms with Crippen LogP contribution in [0.1, 0.15) is 12.8 Å². The van der Waals surface area contributed by atoms with E-state index < -0.39 is 0 Å². The molecule has 0 unspecified atom stereocenters. The Kier molecular flexibility index (Phi) is 4.42. The fourth-order valence-corrected chi connectivity index (χ4v) is 1.81. The highest BCUT2D eigenvalue weighted by atomic mass is 35.5. The first-order valence-corrected chi connectivity index (χ1v) is 6.39. The summed E-state index contributed by atoms with van der Waals surface area (Å²) < 4.78 is 5.56. The second kappa shape index (κ2) is 5.85. The lowest BCUT2D eigenvalue weighted by atomic mass is 10.4. The zero-order valence-corrected chi connectivity index (χ0v) is 11.2. The fourth-order valence-electron chi connectivity index (χ4n) is 1.45. The molecule has 0 aromatic carbocycles. The van der Waals surface area contributed by atoms with Crippen LogP contribution in [0.25, 0.3) is 0 Å². The minimum absolute atomic E-state index is 0.204. The van der Waals surface area contributed by atoms with Crippen LogP contribution in [0.2, 0.25) is 10.3 Å². The molecule has 0 saturated heterocycles. The van der Waals surface area contributed by atoms with Crippen LogP contribution >= 0.6 is 23.2 Å². The Bertz CT molecular complexity index is 385. The second-order valence-electron chi connectivity index (χ2n) is 4.25. The number of nitrogens with zero attached hydrogens (tertiary/aromatic N) is 3. The summed E-state index contributed by atoms with van der Waals surface area (Å²) in [6.07, 6.45) is 4.13. The van der Waals surface area contributed by atoms with Crippen LogP contribution in [0.4, 0.5) is 5.82 Å². The molecule has 1 fully saturated rings. The molecule has 1 saturated carbocycles. The molecule has 1 aliphatic carbocycles. The van der Waals surface area contributed by atoms with E-state index in [-0.39, 0.29) is 5.28 Å². The fraction of sp³-hybridized carbons (Fsp3) is 0.636. The van der Waals surface area contributed by atoms with Gasteiger partial charge >= 0.3 is 0 Å². The Morgan fingerprint density at radius 2 is 2.24 bits per heavy atom. The SMILES string of the molecule is CN(CCOCC1CC1)c1nc(Cl)ncc1Cl. The maximum absolute atomic E-state index is 6.00. The van der Waals surface area contributed by atoms with Crippen molar-refractivity contribution < 1.29 is 4.74 Å². The summed E-state index contributed by atoms with van der Waals surface area (Å²) in [6.45, 7) is 2.27. The Morgan fingerprint density at radius 1 is 1.47 bits per heavy atom. The summed E-state index contributed by atoms with van der Waals surface area (Å²) in [4.78, 5) is 9.83. The van der Waals surface area contributed by atoms with Crippen molar-refractivity contribution >= 4 is 29.0 Å². The third kappa shape index (κ3) is 3.98. The van der Waals surface area contributed by atoms with Crippen molar-refractivity contribution in [3.63, 3.8) is 0 Å². The minimum Gasteiger partial charge on any atom is -0.379 e. The molecule has 1 aromatic heterocycles. The highest BCUT2D eigenvalue weighted by Gasteiger charge is 2.21. The molecule has 4 nitrogen and oxygen atoms in total. The van der Waals surface area contributed by atoms with Crippen LogP contribution < -0.4 is 4.90 Å². The van der Waals surface area contributed by atoms with Gasteiger partial charge in [-0.2, -0.15) is 4.98 Å². The molecule has 1 aromatic rings. The number of rotatable bonds is 6. The van der Waals surface area contributed by atoms with E-state index in [1.165, 1.54) is 19.0 Å². The number of anilines is 1. The predicted octanol–water partition coefficient (Wildman–Crippen LogP) is 2.65. The van der Waals surface area contributed by atoms with Gasteiger partial charge in [-0.25, -0.2) is 4.98 Å². The smallest absolute Gasteiger partial charge is 0.224 e. The van der Waals surface area contributed by atoms with Gasteiger partial charge in [0.25, 0.3) is 0 Å². The van der Waals surface area contributed by atoms with E-state index in [4.69, 9.17) is 27.9 Å². The molecular weight excluding hydrogens is 261 g/mol. The normalized spacial score (nSPS) is 15.0. The Labute approximate surface area is 111 Å². The van der Waals surface area contributed by atoms with Gasteiger partial charge in [-0.1, -0.05) is 11.6 Å². The number of aromatic nitrogens is 2. The van der Waals surface area contributed by atoms with Gasteiger partial charge in [-0.05, 0) is 30.4 Å². The quantitative estimate of drug-likeness (QED) is 0.591. The molecule has 6 heteroatoms. The van der Waals surface area contributed by atoms with Crippen LogP contribution in [-0.4, -0.2) is 36.8 Å². The lowest BCUT2D eigenvalue weighted by molar-refractivity contribution is 0.131. The van der Waals surface area contributed by atoms with Crippen molar-refractivity contribution in [2.45, 2.75) is 12.8 Å². The average molecular weight is 276 g/mol. The van der Waals surface area contributed by atoms with Gasteiger partial charge < -0.3 is 9.64 Å². The molecule has 17 heavy (non-hydrogen) atoms. The van der Waals surface area contributed by atoms with Gasteiger partial charge in [0.05, 0.1) is 12.8 Å². The number of hydrogen-bond donors (Lipinski definition) is 0. The third-order valence-corrected chi connectivity index (χ3v) is 3.13. The van der Waals surface area contributed by atoms with Crippen molar-refractivity contribution in [3.8, 4) is 0 Å². The lowest BCUT2D eigenvalue weighted by Gasteiger charge is -2.18. The van der Waals surface area contributed by atoms with Crippen molar-refractivity contribution in [2.24, 2.45) is 5.92 Å². The lowest BCUT2D eigenvalue weighted by Crippen LogP contribution is -2.24. The first-order valence-electron chi connectivity index (χ1n) is 5.63. The molecule has 1 heterocycles. The van der Waals surface area contributed by atoms with Gasteiger partial charge in [-0.3, -0.25) is 0 Å². The van der Waals surface area contributed by atoms with Gasteiger partial charge in [0.15, 0.2) is 5.82 Å². The van der Waals surface area contributed by atoms with Gasteiger partial charge in [0.1, 0.15) is 5.02 Å². The Hall–Kier alpha value is -0.580. The van der Waals surface area contributed by atoms with E-state index in [1.54, 1.807) is 0 Å². The highest BCUT2D eigenvalue weighted by molar-refractivity contribution is 6.33. The number of hydrogen-bond acceptors (Lipinski definition) is 4. The summed E-state index contributed by atoms with van der Waals surface area (Å²) in [5.74, 6) is 1.43. The maximum atomic E-state index is 6.00. The first kappa shape index (κ1) is 12.9. The van der Waals surface area contributed by atoms with Gasteiger partial charge in [-0.15, -0.1) is 0 Å². The van der Waals surface area contributed by atoms with Crippen LogP contribution in [0, 0.1) is 5.92 Å². The standard InChI is InChI=1S/C11H15Cl2N3O/c1-16(4-5-17-7-8-2-3-8)10-9(12)6-14-11(13)15-10/h6,8H,2-5,7H2,1H3. The molecule has 0 bridgehead atoms. The largest absolute Gasteiger partial charge is 0.379 e. The zero-order valence-electron chi connectivity index (χ0n) is 9.70. The molecular formula is C11H15Cl2N3O. The highest BCUT2D eigenvalue weighted by Crippen LogP contribution is 2.28. The van der Waals surface area contributed by atoms with E-state index >= 15 is 0 Å². The van der Waals surface area contributed by atoms with Crippen molar-refractivity contribution in [2.75, 3.05) is 31.7 Å². The minimum atomic E-state index is 0.204. The third-order valence-electron chi connectivity index (χ3n) is 2.68. The van der Waals surface area contributed by atoms with Crippen LogP contribution in [-0.2, 0) is 4.74 Å². The van der Waals surface area contributed by atoms with E-state index in [0.717, 1.165) is 19.1 Å². The molecule has 2 rings (SSSR count).